The quantitative estimate of drug-likeness (QED) is 0.742. The summed E-state index contributed by atoms with van der Waals surface area (Å²) in [5, 5.41) is 9.01. The first-order valence-electron chi connectivity index (χ1n) is 9.06. The topological polar surface area (TPSA) is 71.3 Å². The maximum atomic E-state index is 12.0. The lowest BCUT2D eigenvalue weighted by molar-refractivity contribution is -0.121. The van der Waals surface area contributed by atoms with Crippen LogP contribution in [0.1, 0.15) is 38.5 Å². The van der Waals surface area contributed by atoms with Gasteiger partial charge in [0.1, 0.15) is 0 Å². The number of amides is 1. The third-order valence-corrected chi connectivity index (χ3v) is 5.29. The van der Waals surface area contributed by atoms with Crippen molar-refractivity contribution in [2.75, 3.05) is 26.2 Å². The van der Waals surface area contributed by atoms with E-state index in [4.69, 9.17) is 4.52 Å². The standard InChI is InChI=1S/C18H26N4O2S/c1-14(13-22-9-2-3-10-22)12-19-16(23)7-4-8-17-20-18(21-24-17)15-6-5-11-25-15/h5-6,11,14H,2-4,7-10,12-13H2,1H3,(H,19,23). The first kappa shape index (κ1) is 18.1. The molecule has 0 radical (unpaired) electrons. The highest BCUT2D eigenvalue weighted by Crippen LogP contribution is 2.21. The van der Waals surface area contributed by atoms with E-state index in [1.54, 1.807) is 11.3 Å². The molecule has 1 amide bonds. The molecule has 0 bridgehead atoms. The van der Waals surface area contributed by atoms with E-state index in [0.29, 0.717) is 30.5 Å². The summed E-state index contributed by atoms with van der Waals surface area (Å²) >= 11 is 1.59. The summed E-state index contributed by atoms with van der Waals surface area (Å²) in [6.07, 6.45) is 4.46. The van der Waals surface area contributed by atoms with Crippen LogP contribution in [0.2, 0.25) is 0 Å². The summed E-state index contributed by atoms with van der Waals surface area (Å²) in [6.45, 7) is 6.43. The molecule has 7 heteroatoms. The van der Waals surface area contributed by atoms with Gasteiger partial charge in [-0.2, -0.15) is 4.98 Å². The van der Waals surface area contributed by atoms with Crippen molar-refractivity contribution >= 4 is 17.2 Å². The highest BCUT2D eigenvalue weighted by molar-refractivity contribution is 7.13. The van der Waals surface area contributed by atoms with Crippen molar-refractivity contribution < 1.29 is 9.32 Å². The Bertz CT molecular complexity index is 650. The summed E-state index contributed by atoms with van der Waals surface area (Å²) in [6, 6.07) is 3.93. The largest absolute Gasteiger partial charge is 0.356 e. The van der Waals surface area contributed by atoms with Crippen molar-refractivity contribution in [1.29, 1.82) is 0 Å². The maximum Gasteiger partial charge on any atom is 0.226 e. The van der Waals surface area contributed by atoms with Crippen LogP contribution in [0.4, 0.5) is 0 Å². The molecule has 1 N–H and O–H groups in total. The number of nitrogens with zero attached hydrogens (tertiary/aromatic N) is 3. The number of thiophene rings is 1. The van der Waals surface area contributed by atoms with Crippen LogP contribution in [0.15, 0.2) is 22.0 Å². The number of likely N-dealkylation sites (tertiary alicyclic amines) is 1. The zero-order valence-electron chi connectivity index (χ0n) is 14.7. The molecule has 1 atom stereocenters. The van der Waals surface area contributed by atoms with Crippen molar-refractivity contribution in [3.63, 3.8) is 0 Å². The Morgan fingerprint density at radius 3 is 3.04 bits per heavy atom. The summed E-state index contributed by atoms with van der Waals surface area (Å²) in [5.41, 5.74) is 0. The molecule has 2 aromatic heterocycles. The zero-order valence-corrected chi connectivity index (χ0v) is 15.6. The number of hydrogen-bond acceptors (Lipinski definition) is 6. The van der Waals surface area contributed by atoms with E-state index < -0.39 is 0 Å². The van der Waals surface area contributed by atoms with Gasteiger partial charge in [0.15, 0.2) is 0 Å². The minimum absolute atomic E-state index is 0.103. The molecule has 1 aliphatic rings. The molecule has 1 saturated heterocycles. The Balaban J connectivity index is 1.31. The fraction of sp³-hybridized carbons (Fsp3) is 0.611. The Kier molecular flexibility index (Phi) is 6.58. The first-order valence-corrected chi connectivity index (χ1v) is 9.94. The first-order chi connectivity index (χ1) is 12.2. The third kappa shape index (κ3) is 5.64. The third-order valence-electron chi connectivity index (χ3n) is 4.42. The Morgan fingerprint density at radius 1 is 1.44 bits per heavy atom. The predicted octanol–water partition coefficient (Wildman–Crippen LogP) is 2.97. The molecular formula is C18H26N4O2S. The maximum absolute atomic E-state index is 12.0. The summed E-state index contributed by atoms with van der Waals surface area (Å²) in [4.78, 5) is 19.8. The van der Waals surface area contributed by atoms with Crippen LogP contribution in [-0.2, 0) is 11.2 Å². The van der Waals surface area contributed by atoms with Crippen LogP contribution in [0, 0.1) is 5.92 Å². The van der Waals surface area contributed by atoms with Gasteiger partial charge in [0.2, 0.25) is 17.6 Å². The molecule has 1 unspecified atom stereocenters. The fourth-order valence-corrected chi connectivity index (χ4v) is 3.76. The number of rotatable bonds is 9. The SMILES string of the molecule is CC(CNC(=O)CCCc1nc(-c2cccs2)no1)CN1CCCC1. The van der Waals surface area contributed by atoms with Gasteiger partial charge < -0.3 is 14.7 Å². The monoisotopic (exact) mass is 362 g/mol. The summed E-state index contributed by atoms with van der Waals surface area (Å²) in [7, 11) is 0. The van der Waals surface area contributed by atoms with E-state index in [1.165, 1.54) is 25.9 Å². The van der Waals surface area contributed by atoms with E-state index in [1.807, 2.05) is 17.5 Å². The predicted molar refractivity (Wildman–Crippen MR) is 98.4 cm³/mol. The average molecular weight is 362 g/mol. The van der Waals surface area contributed by atoms with Crippen LogP contribution in [-0.4, -0.2) is 47.1 Å². The summed E-state index contributed by atoms with van der Waals surface area (Å²) < 4.78 is 5.25. The highest BCUT2D eigenvalue weighted by Gasteiger charge is 2.15. The van der Waals surface area contributed by atoms with E-state index in [0.717, 1.165) is 24.4 Å². The van der Waals surface area contributed by atoms with E-state index in [-0.39, 0.29) is 5.91 Å². The second-order valence-corrected chi connectivity index (χ2v) is 7.71. The second kappa shape index (κ2) is 9.10. The molecule has 3 heterocycles. The Hall–Kier alpha value is -1.73. The van der Waals surface area contributed by atoms with Crippen LogP contribution in [0.5, 0.6) is 0 Å². The lowest BCUT2D eigenvalue weighted by Gasteiger charge is -2.20. The average Bonchev–Trinajstić information content (AvgIpc) is 3.34. The molecular weight excluding hydrogens is 336 g/mol. The number of aromatic nitrogens is 2. The van der Waals surface area contributed by atoms with Crippen LogP contribution in [0.25, 0.3) is 10.7 Å². The smallest absolute Gasteiger partial charge is 0.226 e. The molecule has 1 aliphatic heterocycles. The fourth-order valence-electron chi connectivity index (χ4n) is 3.11. The van der Waals surface area contributed by atoms with Crippen molar-refractivity contribution in [3.05, 3.63) is 23.4 Å². The van der Waals surface area contributed by atoms with Crippen LogP contribution >= 0.6 is 11.3 Å². The molecule has 3 rings (SSSR count). The number of carbonyl (C=O) groups is 1. The number of hydrogen-bond donors (Lipinski definition) is 1. The highest BCUT2D eigenvalue weighted by atomic mass is 32.1. The van der Waals surface area contributed by atoms with Gasteiger partial charge in [0.05, 0.1) is 4.88 Å². The Morgan fingerprint density at radius 2 is 2.28 bits per heavy atom. The minimum Gasteiger partial charge on any atom is -0.356 e. The van der Waals surface area contributed by atoms with Gasteiger partial charge >= 0.3 is 0 Å². The van der Waals surface area contributed by atoms with Gasteiger partial charge in [-0.05, 0) is 49.7 Å². The van der Waals surface area contributed by atoms with Gasteiger partial charge in [-0.1, -0.05) is 18.1 Å². The van der Waals surface area contributed by atoms with Crippen LogP contribution in [0.3, 0.4) is 0 Å². The van der Waals surface area contributed by atoms with Crippen molar-refractivity contribution in [3.8, 4) is 10.7 Å². The molecule has 136 valence electrons. The van der Waals surface area contributed by atoms with Crippen molar-refractivity contribution in [2.45, 2.75) is 39.0 Å². The van der Waals surface area contributed by atoms with Crippen molar-refractivity contribution in [1.82, 2.24) is 20.4 Å². The van der Waals surface area contributed by atoms with Crippen LogP contribution < -0.4 is 5.32 Å². The lowest BCUT2D eigenvalue weighted by Crippen LogP contribution is -2.34. The molecule has 0 aliphatic carbocycles. The van der Waals surface area contributed by atoms with E-state index in [9.17, 15) is 4.79 Å². The number of carbonyl (C=O) groups excluding carboxylic acids is 1. The zero-order chi connectivity index (χ0) is 17.5. The van der Waals surface area contributed by atoms with Gasteiger partial charge in [0, 0.05) is 25.9 Å². The van der Waals surface area contributed by atoms with Crippen molar-refractivity contribution in [2.24, 2.45) is 5.92 Å². The minimum atomic E-state index is 0.103. The van der Waals surface area contributed by atoms with E-state index in [2.05, 4.69) is 27.3 Å². The second-order valence-electron chi connectivity index (χ2n) is 6.76. The number of nitrogens with one attached hydrogen (secondary N) is 1. The molecule has 6 nitrogen and oxygen atoms in total. The van der Waals surface area contributed by atoms with Gasteiger partial charge in [-0.25, -0.2) is 0 Å². The lowest BCUT2D eigenvalue weighted by atomic mass is 10.1. The summed E-state index contributed by atoms with van der Waals surface area (Å²) in [5.74, 6) is 1.82. The van der Waals surface area contributed by atoms with Gasteiger partial charge in [-0.15, -0.1) is 11.3 Å². The number of aryl methyl sites for hydroxylation is 1. The molecule has 25 heavy (non-hydrogen) atoms. The molecule has 1 fully saturated rings. The molecule has 0 spiro atoms. The normalized spacial score (nSPS) is 16.2. The molecule has 0 saturated carbocycles. The Labute approximate surface area is 152 Å². The van der Waals surface area contributed by atoms with Gasteiger partial charge in [-0.3, -0.25) is 4.79 Å². The molecule has 2 aromatic rings. The van der Waals surface area contributed by atoms with E-state index >= 15 is 0 Å². The molecule has 0 aromatic carbocycles. The van der Waals surface area contributed by atoms with Gasteiger partial charge in [0.25, 0.3) is 0 Å².